The fourth-order valence-electron chi connectivity index (χ4n) is 2.91. The van der Waals surface area contributed by atoms with Gasteiger partial charge < -0.3 is 10.2 Å². The summed E-state index contributed by atoms with van der Waals surface area (Å²) in [6, 6.07) is 5.81. The van der Waals surface area contributed by atoms with E-state index in [4.69, 9.17) is 0 Å². The molecule has 2 amide bonds. The number of nitrogens with zero attached hydrogens (tertiary/aromatic N) is 3. The van der Waals surface area contributed by atoms with Crippen LogP contribution in [0.25, 0.3) is 11.0 Å². The molecule has 0 saturated carbocycles. The van der Waals surface area contributed by atoms with Crippen molar-refractivity contribution in [1.82, 2.24) is 20.2 Å². The lowest BCUT2D eigenvalue weighted by molar-refractivity contribution is -0.134. The van der Waals surface area contributed by atoms with Gasteiger partial charge in [-0.2, -0.15) is 0 Å². The van der Waals surface area contributed by atoms with Crippen LogP contribution in [0.4, 0.5) is 0 Å². The topological polar surface area (TPSA) is 75.2 Å². The SMILES string of the molecule is CC(=O)N1CCC(C(=O)NCc2ccc3nccnc3c2)CC1. The average Bonchev–Trinajstić information content (AvgIpc) is 2.59. The summed E-state index contributed by atoms with van der Waals surface area (Å²) in [4.78, 5) is 33.9. The number of likely N-dealkylation sites (tertiary alicyclic amines) is 1. The number of benzene rings is 1. The van der Waals surface area contributed by atoms with E-state index in [2.05, 4.69) is 15.3 Å². The van der Waals surface area contributed by atoms with E-state index in [9.17, 15) is 9.59 Å². The Morgan fingerprint density at radius 2 is 1.87 bits per heavy atom. The molecule has 1 aliphatic rings. The molecule has 0 atom stereocenters. The fraction of sp³-hybridized carbons (Fsp3) is 0.412. The lowest BCUT2D eigenvalue weighted by Gasteiger charge is -2.30. The highest BCUT2D eigenvalue weighted by Gasteiger charge is 2.25. The van der Waals surface area contributed by atoms with Gasteiger partial charge in [-0.3, -0.25) is 19.6 Å². The van der Waals surface area contributed by atoms with E-state index in [1.165, 1.54) is 0 Å². The van der Waals surface area contributed by atoms with Crippen LogP contribution >= 0.6 is 0 Å². The molecule has 0 unspecified atom stereocenters. The molecule has 0 aliphatic carbocycles. The molecule has 120 valence electrons. The van der Waals surface area contributed by atoms with Crippen LogP contribution in [-0.2, 0) is 16.1 Å². The number of aromatic nitrogens is 2. The third-order valence-electron chi connectivity index (χ3n) is 4.31. The predicted octanol–water partition coefficient (Wildman–Crippen LogP) is 1.50. The molecule has 2 aromatic rings. The summed E-state index contributed by atoms with van der Waals surface area (Å²) in [6.07, 6.45) is 4.79. The standard InChI is InChI=1S/C17H20N4O2/c1-12(22)21-8-4-14(5-9-21)17(23)20-11-13-2-3-15-16(10-13)19-7-6-18-15/h2-3,6-7,10,14H,4-5,8-9,11H2,1H3,(H,20,23). The molecule has 0 radical (unpaired) electrons. The number of fused-ring (bicyclic) bond motifs is 1. The van der Waals surface area contributed by atoms with Gasteiger partial charge in [0.15, 0.2) is 0 Å². The Bertz CT molecular complexity index is 723. The Morgan fingerprint density at radius 1 is 1.17 bits per heavy atom. The molecule has 23 heavy (non-hydrogen) atoms. The molecule has 1 fully saturated rings. The maximum Gasteiger partial charge on any atom is 0.223 e. The zero-order valence-electron chi connectivity index (χ0n) is 13.2. The molecule has 1 aromatic heterocycles. The van der Waals surface area contributed by atoms with Crippen LogP contribution in [0, 0.1) is 5.92 Å². The molecule has 2 heterocycles. The smallest absolute Gasteiger partial charge is 0.223 e. The number of piperidine rings is 1. The first-order valence-electron chi connectivity index (χ1n) is 7.86. The lowest BCUT2D eigenvalue weighted by Crippen LogP contribution is -2.42. The molecular formula is C17H20N4O2. The molecule has 1 N–H and O–H groups in total. The van der Waals surface area contributed by atoms with Crippen molar-refractivity contribution in [2.75, 3.05) is 13.1 Å². The molecule has 1 saturated heterocycles. The van der Waals surface area contributed by atoms with E-state index in [1.54, 1.807) is 24.2 Å². The minimum Gasteiger partial charge on any atom is -0.352 e. The van der Waals surface area contributed by atoms with Gasteiger partial charge in [-0.05, 0) is 30.5 Å². The van der Waals surface area contributed by atoms with E-state index in [-0.39, 0.29) is 17.7 Å². The van der Waals surface area contributed by atoms with Crippen molar-refractivity contribution in [1.29, 1.82) is 0 Å². The van der Waals surface area contributed by atoms with E-state index < -0.39 is 0 Å². The molecule has 0 bridgehead atoms. The molecule has 6 nitrogen and oxygen atoms in total. The van der Waals surface area contributed by atoms with E-state index >= 15 is 0 Å². The van der Waals surface area contributed by atoms with Crippen molar-refractivity contribution >= 4 is 22.8 Å². The monoisotopic (exact) mass is 312 g/mol. The first kappa shape index (κ1) is 15.4. The van der Waals surface area contributed by atoms with Gasteiger partial charge in [0.2, 0.25) is 11.8 Å². The van der Waals surface area contributed by atoms with Crippen molar-refractivity contribution in [2.45, 2.75) is 26.3 Å². The maximum atomic E-state index is 12.3. The third kappa shape index (κ3) is 3.64. The van der Waals surface area contributed by atoms with Gasteiger partial charge in [0.05, 0.1) is 11.0 Å². The van der Waals surface area contributed by atoms with E-state index in [1.807, 2.05) is 18.2 Å². The second-order valence-electron chi connectivity index (χ2n) is 5.88. The first-order chi connectivity index (χ1) is 11.1. The number of hydrogen-bond donors (Lipinski definition) is 1. The number of hydrogen-bond acceptors (Lipinski definition) is 4. The number of nitrogens with one attached hydrogen (secondary N) is 1. The van der Waals surface area contributed by atoms with Crippen molar-refractivity contribution in [3.8, 4) is 0 Å². The van der Waals surface area contributed by atoms with Crippen LogP contribution in [0.1, 0.15) is 25.3 Å². The highest BCUT2D eigenvalue weighted by atomic mass is 16.2. The summed E-state index contributed by atoms with van der Waals surface area (Å²) in [5, 5.41) is 2.99. The minimum atomic E-state index is -0.00847. The molecule has 1 aromatic carbocycles. The zero-order valence-corrected chi connectivity index (χ0v) is 13.2. The zero-order chi connectivity index (χ0) is 16.2. The van der Waals surface area contributed by atoms with Crippen LogP contribution < -0.4 is 5.32 Å². The quantitative estimate of drug-likeness (QED) is 0.932. The number of carbonyl (C=O) groups excluding carboxylic acids is 2. The van der Waals surface area contributed by atoms with Crippen LogP contribution in [-0.4, -0.2) is 39.8 Å². The number of rotatable bonds is 3. The Balaban J connectivity index is 1.55. The van der Waals surface area contributed by atoms with Crippen molar-refractivity contribution in [3.05, 3.63) is 36.2 Å². The normalized spacial score (nSPS) is 15.6. The Hall–Kier alpha value is -2.50. The summed E-state index contributed by atoms with van der Waals surface area (Å²) in [7, 11) is 0. The second kappa shape index (κ2) is 6.73. The van der Waals surface area contributed by atoms with Crippen molar-refractivity contribution in [2.24, 2.45) is 5.92 Å². The van der Waals surface area contributed by atoms with Crippen molar-refractivity contribution < 1.29 is 9.59 Å². The molecule has 3 rings (SSSR count). The highest BCUT2D eigenvalue weighted by Crippen LogP contribution is 2.18. The van der Waals surface area contributed by atoms with Gasteiger partial charge in [0.1, 0.15) is 0 Å². The van der Waals surface area contributed by atoms with Crippen LogP contribution in [0.3, 0.4) is 0 Å². The molecular weight excluding hydrogens is 292 g/mol. The first-order valence-corrected chi connectivity index (χ1v) is 7.86. The number of amides is 2. The maximum absolute atomic E-state index is 12.3. The molecule has 1 aliphatic heterocycles. The summed E-state index contributed by atoms with van der Waals surface area (Å²) >= 11 is 0. The van der Waals surface area contributed by atoms with E-state index in [0.717, 1.165) is 29.4 Å². The number of carbonyl (C=O) groups is 2. The van der Waals surface area contributed by atoms with Crippen molar-refractivity contribution in [3.63, 3.8) is 0 Å². The third-order valence-corrected chi connectivity index (χ3v) is 4.31. The Labute approximate surface area is 134 Å². The molecule has 6 heteroatoms. The minimum absolute atomic E-state index is 0.00847. The molecule has 0 spiro atoms. The van der Waals surface area contributed by atoms with Gasteiger partial charge in [-0.25, -0.2) is 0 Å². The van der Waals surface area contributed by atoms with Gasteiger partial charge in [0, 0.05) is 44.9 Å². The van der Waals surface area contributed by atoms with Gasteiger partial charge in [0.25, 0.3) is 0 Å². The largest absolute Gasteiger partial charge is 0.352 e. The van der Waals surface area contributed by atoms with Gasteiger partial charge >= 0.3 is 0 Å². The van der Waals surface area contributed by atoms with Gasteiger partial charge in [-0.15, -0.1) is 0 Å². The summed E-state index contributed by atoms with van der Waals surface area (Å²) in [6.45, 7) is 3.39. The second-order valence-corrected chi connectivity index (χ2v) is 5.88. The Kier molecular flexibility index (Phi) is 4.50. The predicted molar refractivity (Wildman–Crippen MR) is 86.4 cm³/mol. The Morgan fingerprint density at radius 3 is 2.57 bits per heavy atom. The summed E-state index contributed by atoms with van der Waals surface area (Å²) in [5.41, 5.74) is 2.68. The van der Waals surface area contributed by atoms with Gasteiger partial charge in [-0.1, -0.05) is 6.07 Å². The van der Waals surface area contributed by atoms with Crippen LogP contribution in [0.15, 0.2) is 30.6 Å². The van der Waals surface area contributed by atoms with Crippen LogP contribution in [0.2, 0.25) is 0 Å². The van der Waals surface area contributed by atoms with E-state index in [0.29, 0.717) is 19.6 Å². The lowest BCUT2D eigenvalue weighted by atomic mass is 9.96. The average molecular weight is 312 g/mol. The highest BCUT2D eigenvalue weighted by molar-refractivity contribution is 5.80. The van der Waals surface area contributed by atoms with Crippen LogP contribution in [0.5, 0.6) is 0 Å². The summed E-state index contributed by atoms with van der Waals surface area (Å²) in [5.74, 6) is 0.138. The fourth-order valence-corrected chi connectivity index (χ4v) is 2.91. The summed E-state index contributed by atoms with van der Waals surface area (Å²) < 4.78 is 0.